The molecule has 4 aliphatic rings. The van der Waals surface area contributed by atoms with Crippen molar-refractivity contribution in [2.75, 3.05) is 36.1 Å². The number of rotatable bonds is 8. The molecular weight excluding hydrogens is 598 g/mol. The number of ether oxygens (including phenoxy) is 1. The van der Waals surface area contributed by atoms with Crippen molar-refractivity contribution in [3.63, 3.8) is 0 Å². The molecule has 4 heterocycles. The quantitative estimate of drug-likeness (QED) is 0.393. The van der Waals surface area contributed by atoms with Crippen molar-refractivity contribution in [3.05, 3.63) is 77.9 Å². The van der Waals surface area contributed by atoms with Crippen molar-refractivity contribution in [1.82, 2.24) is 4.90 Å². The van der Waals surface area contributed by atoms with E-state index in [0.717, 1.165) is 28.3 Å². The van der Waals surface area contributed by atoms with Crippen LogP contribution in [0.4, 0.5) is 11.4 Å². The number of anilines is 2. The van der Waals surface area contributed by atoms with Crippen molar-refractivity contribution < 1.29 is 24.2 Å². The van der Waals surface area contributed by atoms with Crippen molar-refractivity contribution in [2.45, 2.75) is 69.5 Å². The Bertz CT molecular complexity index is 1570. The number of carbonyl (C=O) groups is 3. The van der Waals surface area contributed by atoms with Gasteiger partial charge in [-0.1, -0.05) is 56.4 Å². The minimum absolute atomic E-state index is 0.138. The average Bonchev–Trinajstić information content (AvgIpc) is 3.29. The first-order valence-corrected chi connectivity index (χ1v) is 17.2. The van der Waals surface area contributed by atoms with Crippen LogP contribution < -0.4 is 14.5 Å². The van der Waals surface area contributed by atoms with Crippen LogP contribution in [0.25, 0.3) is 0 Å². The third-order valence-electron chi connectivity index (χ3n) is 10.0. The van der Waals surface area contributed by atoms with Gasteiger partial charge in [-0.25, -0.2) is 0 Å². The molecule has 0 saturated carbocycles. The van der Waals surface area contributed by atoms with Gasteiger partial charge in [0.1, 0.15) is 11.8 Å². The molecule has 6 rings (SSSR count). The Morgan fingerprint density at radius 2 is 1.57 bits per heavy atom. The Hall–Kier alpha value is -3.56. The number of likely N-dealkylation sites (tertiary alicyclic amines) is 1. The molecular formula is C37H45N3O5S. The standard InChI is InChI=1S/C37H45N3O5S/c1-7-45-28-15-13-26(14-16-28)38-19-9-17-36(6)29(33(38)42)30-34(43)40(27(22-41)21-23(2)3)32-35(44)39(20-10-18-37(30,32)46-36)31-24(4)11-8-12-25(31)5/h8-18,23,27,29-30,32,41H,7,19-22H2,1-6H3/t27-,29+,30+,32?,36-,37+/m1/s1. The summed E-state index contributed by atoms with van der Waals surface area (Å²) in [5.41, 5.74) is 3.53. The summed E-state index contributed by atoms with van der Waals surface area (Å²) in [5.74, 6) is -1.14. The maximum atomic E-state index is 15.0. The van der Waals surface area contributed by atoms with Crippen LogP contribution in [0.5, 0.6) is 5.75 Å². The van der Waals surface area contributed by atoms with Gasteiger partial charge in [0.15, 0.2) is 0 Å². The highest BCUT2D eigenvalue weighted by Gasteiger charge is 2.74. The molecule has 0 radical (unpaired) electrons. The number of para-hydroxylation sites is 1. The second-order valence-electron chi connectivity index (χ2n) is 13.6. The fourth-order valence-electron chi connectivity index (χ4n) is 8.23. The third kappa shape index (κ3) is 5.07. The maximum absolute atomic E-state index is 15.0. The Morgan fingerprint density at radius 1 is 0.913 bits per heavy atom. The zero-order valence-electron chi connectivity index (χ0n) is 27.6. The fraction of sp³-hybridized carbons (Fsp3) is 0.486. The molecule has 0 aliphatic carbocycles. The number of amides is 3. The van der Waals surface area contributed by atoms with Crippen molar-refractivity contribution in [2.24, 2.45) is 17.8 Å². The number of carbonyl (C=O) groups excluding carboxylic acids is 3. The maximum Gasteiger partial charge on any atom is 0.251 e. The number of fused-ring (bicyclic) bond motifs is 2. The van der Waals surface area contributed by atoms with Crippen LogP contribution in [0.1, 0.15) is 45.2 Å². The molecule has 0 aromatic heterocycles. The summed E-state index contributed by atoms with van der Waals surface area (Å²) in [5, 5.41) is 10.7. The number of hydrogen-bond donors (Lipinski definition) is 1. The Balaban J connectivity index is 1.48. The van der Waals surface area contributed by atoms with Crippen LogP contribution >= 0.6 is 11.8 Å². The summed E-state index contributed by atoms with van der Waals surface area (Å²) in [6.07, 6.45) is 8.67. The van der Waals surface area contributed by atoms with Gasteiger partial charge in [-0.3, -0.25) is 14.4 Å². The SMILES string of the molecule is CCOc1ccc(N2CC=C[C@@]3(C)S[C@]45C=CCN(c6c(C)cccc6C)C(=O)C4N([C@@H](CO)CC(C)C)C(=O)[C@@H]5[C@H]3C2=O)cc1. The molecule has 2 aromatic carbocycles. The Morgan fingerprint density at radius 3 is 2.20 bits per heavy atom. The molecule has 0 bridgehead atoms. The van der Waals surface area contributed by atoms with Crippen LogP contribution in [0.15, 0.2) is 66.8 Å². The summed E-state index contributed by atoms with van der Waals surface area (Å²) in [6.45, 7) is 13.1. The Labute approximate surface area is 276 Å². The first kappa shape index (κ1) is 32.4. The van der Waals surface area contributed by atoms with Crippen LogP contribution in [-0.4, -0.2) is 75.6 Å². The summed E-state index contributed by atoms with van der Waals surface area (Å²) in [6, 6.07) is 12.0. The van der Waals surface area contributed by atoms with Gasteiger partial charge in [-0.15, -0.1) is 11.8 Å². The van der Waals surface area contributed by atoms with E-state index in [1.165, 1.54) is 0 Å². The summed E-state index contributed by atoms with van der Waals surface area (Å²) < 4.78 is 3.90. The number of aliphatic hydroxyl groups excluding tert-OH is 1. The van der Waals surface area contributed by atoms with E-state index in [4.69, 9.17) is 4.74 Å². The van der Waals surface area contributed by atoms with Gasteiger partial charge in [0.25, 0.3) is 5.91 Å². The van der Waals surface area contributed by atoms with Gasteiger partial charge in [0.05, 0.1) is 35.8 Å². The lowest BCUT2D eigenvalue weighted by Gasteiger charge is -2.40. The normalized spacial score (nSPS) is 29.5. The number of aryl methyl sites for hydroxylation is 2. The number of thioether (sulfide) groups is 1. The molecule has 4 aliphatic heterocycles. The molecule has 2 fully saturated rings. The summed E-state index contributed by atoms with van der Waals surface area (Å²) in [4.78, 5) is 50.0. The van der Waals surface area contributed by atoms with Gasteiger partial charge in [-0.2, -0.15) is 0 Å². The second kappa shape index (κ2) is 12.2. The largest absolute Gasteiger partial charge is 0.494 e. The molecule has 8 nitrogen and oxygen atoms in total. The molecule has 3 amide bonds. The molecule has 46 heavy (non-hydrogen) atoms. The van der Waals surface area contributed by atoms with E-state index in [1.807, 2.05) is 88.4 Å². The van der Waals surface area contributed by atoms with Crippen LogP contribution in [0.3, 0.4) is 0 Å². The number of hydrogen-bond acceptors (Lipinski definition) is 6. The molecule has 1 N–H and O–H groups in total. The van der Waals surface area contributed by atoms with E-state index < -0.39 is 33.4 Å². The highest BCUT2D eigenvalue weighted by atomic mass is 32.2. The molecule has 1 unspecified atom stereocenters. The Kier molecular flexibility index (Phi) is 8.61. The number of benzene rings is 2. The molecule has 244 valence electrons. The van der Waals surface area contributed by atoms with Crippen molar-refractivity contribution in [3.8, 4) is 5.75 Å². The lowest BCUT2D eigenvalue weighted by molar-refractivity contribution is -0.142. The topological polar surface area (TPSA) is 90.4 Å². The predicted molar refractivity (Wildman–Crippen MR) is 183 cm³/mol. The zero-order chi connectivity index (χ0) is 33.0. The van der Waals surface area contributed by atoms with E-state index in [2.05, 4.69) is 19.9 Å². The smallest absolute Gasteiger partial charge is 0.251 e. The fourth-order valence-corrected chi connectivity index (χ4v) is 10.4. The highest BCUT2D eigenvalue weighted by Crippen LogP contribution is 2.66. The van der Waals surface area contributed by atoms with Crippen molar-refractivity contribution in [1.29, 1.82) is 0 Å². The van der Waals surface area contributed by atoms with Crippen LogP contribution in [-0.2, 0) is 14.4 Å². The van der Waals surface area contributed by atoms with Gasteiger partial charge in [0.2, 0.25) is 11.8 Å². The van der Waals surface area contributed by atoms with E-state index in [1.54, 1.807) is 26.5 Å². The van der Waals surface area contributed by atoms with Crippen molar-refractivity contribution >= 4 is 40.9 Å². The predicted octanol–water partition coefficient (Wildman–Crippen LogP) is 5.30. The number of nitrogens with zero attached hydrogens (tertiary/aromatic N) is 3. The lowest BCUT2D eigenvalue weighted by Crippen LogP contribution is -2.57. The summed E-state index contributed by atoms with van der Waals surface area (Å²) >= 11 is 1.57. The molecule has 9 heteroatoms. The van der Waals surface area contributed by atoms with Gasteiger partial charge in [0, 0.05) is 29.2 Å². The van der Waals surface area contributed by atoms with E-state index >= 15 is 4.79 Å². The van der Waals surface area contributed by atoms with Gasteiger partial charge < -0.3 is 24.5 Å². The van der Waals surface area contributed by atoms with Gasteiger partial charge in [-0.05, 0) is 75.4 Å². The minimum atomic E-state index is -0.995. The molecule has 1 spiro atoms. The lowest BCUT2D eigenvalue weighted by atomic mass is 9.74. The minimum Gasteiger partial charge on any atom is -0.494 e. The monoisotopic (exact) mass is 643 g/mol. The summed E-state index contributed by atoms with van der Waals surface area (Å²) in [7, 11) is 0. The van der Waals surface area contributed by atoms with Crippen LogP contribution in [0, 0.1) is 31.6 Å². The average molecular weight is 644 g/mol. The molecule has 6 atom stereocenters. The van der Waals surface area contributed by atoms with Crippen LogP contribution in [0.2, 0.25) is 0 Å². The second-order valence-corrected chi connectivity index (χ2v) is 15.4. The van der Waals surface area contributed by atoms with E-state index in [-0.39, 0.29) is 30.2 Å². The van der Waals surface area contributed by atoms with Gasteiger partial charge >= 0.3 is 0 Å². The highest BCUT2D eigenvalue weighted by molar-refractivity contribution is 8.02. The third-order valence-corrected chi connectivity index (χ3v) is 11.8. The first-order valence-electron chi connectivity index (χ1n) is 16.4. The van der Waals surface area contributed by atoms with E-state index in [0.29, 0.717) is 26.1 Å². The number of aliphatic hydroxyl groups is 1. The molecule has 2 saturated heterocycles. The van der Waals surface area contributed by atoms with E-state index in [9.17, 15) is 14.7 Å². The zero-order valence-corrected chi connectivity index (χ0v) is 28.4. The molecule has 2 aromatic rings. The first-order chi connectivity index (χ1) is 22.0.